The summed E-state index contributed by atoms with van der Waals surface area (Å²) in [6, 6.07) is 10.4. The Balaban J connectivity index is 1.67. The van der Waals surface area contributed by atoms with Gasteiger partial charge in [-0.2, -0.15) is 0 Å². The van der Waals surface area contributed by atoms with Crippen molar-refractivity contribution < 1.29 is 4.74 Å². The second-order valence-corrected chi connectivity index (χ2v) is 5.06. The Labute approximate surface area is 110 Å². The quantitative estimate of drug-likeness (QED) is 0.837. The molecule has 0 saturated carbocycles. The van der Waals surface area contributed by atoms with Crippen molar-refractivity contribution in [2.24, 2.45) is 5.92 Å². The average Bonchev–Trinajstić information content (AvgIpc) is 2.41. The highest BCUT2D eigenvalue weighted by Gasteiger charge is 2.18. The van der Waals surface area contributed by atoms with Crippen LogP contribution in [0, 0.1) is 5.92 Å². The Morgan fingerprint density at radius 1 is 1.33 bits per heavy atom. The first-order valence-corrected chi connectivity index (χ1v) is 6.88. The molecule has 1 fully saturated rings. The maximum atomic E-state index is 5.26. The lowest BCUT2D eigenvalue weighted by Crippen LogP contribution is -2.39. The van der Waals surface area contributed by atoms with Crippen molar-refractivity contribution in [2.45, 2.75) is 12.8 Å². The highest BCUT2D eigenvalue weighted by molar-refractivity contribution is 5.42. The number of likely N-dealkylation sites (tertiary alicyclic amines) is 1. The zero-order valence-electron chi connectivity index (χ0n) is 11.3. The van der Waals surface area contributed by atoms with Crippen LogP contribution in [-0.4, -0.2) is 44.8 Å². The van der Waals surface area contributed by atoms with Gasteiger partial charge in [0.2, 0.25) is 0 Å². The summed E-state index contributed by atoms with van der Waals surface area (Å²) >= 11 is 0. The van der Waals surface area contributed by atoms with E-state index in [1.807, 2.05) is 6.07 Å². The second-order valence-electron chi connectivity index (χ2n) is 5.06. The van der Waals surface area contributed by atoms with Gasteiger partial charge in [-0.15, -0.1) is 0 Å². The van der Waals surface area contributed by atoms with E-state index in [9.17, 15) is 0 Å². The van der Waals surface area contributed by atoms with E-state index in [1.54, 1.807) is 7.11 Å². The Bertz CT molecular complexity index is 327. The van der Waals surface area contributed by atoms with E-state index in [-0.39, 0.29) is 0 Å². The zero-order valence-corrected chi connectivity index (χ0v) is 11.3. The van der Waals surface area contributed by atoms with Gasteiger partial charge in [-0.3, -0.25) is 0 Å². The number of hydrogen-bond donors (Lipinski definition) is 1. The molecule has 1 aliphatic rings. The zero-order chi connectivity index (χ0) is 12.6. The molecule has 1 aliphatic heterocycles. The number of ether oxygens (including phenoxy) is 1. The molecule has 2 rings (SSSR count). The first-order valence-electron chi connectivity index (χ1n) is 6.88. The second kappa shape index (κ2) is 7.39. The van der Waals surface area contributed by atoms with Gasteiger partial charge in [-0.25, -0.2) is 0 Å². The molecule has 0 spiro atoms. The molecule has 1 aromatic rings. The maximum Gasteiger partial charge on any atom is 0.0502 e. The molecule has 1 heterocycles. The molecule has 0 amide bonds. The molecule has 0 bridgehead atoms. The number of rotatable bonds is 6. The highest BCUT2D eigenvalue weighted by atomic mass is 16.5. The van der Waals surface area contributed by atoms with Crippen LogP contribution >= 0.6 is 0 Å². The molecule has 1 unspecified atom stereocenters. The third kappa shape index (κ3) is 4.31. The van der Waals surface area contributed by atoms with Gasteiger partial charge in [-0.05, 0) is 37.4 Å². The number of benzene rings is 1. The lowest BCUT2D eigenvalue weighted by Gasteiger charge is -2.32. The number of nitrogens with one attached hydrogen (secondary N) is 1. The Morgan fingerprint density at radius 2 is 2.17 bits per heavy atom. The maximum absolute atomic E-state index is 5.26. The van der Waals surface area contributed by atoms with Crippen molar-refractivity contribution >= 4 is 5.69 Å². The molecular weight excluding hydrogens is 224 g/mol. The molecule has 100 valence electrons. The summed E-state index contributed by atoms with van der Waals surface area (Å²) in [5, 5.41) is 3.47. The van der Waals surface area contributed by atoms with Crippen molar-refractivity contribution in [3.05, 3.63) is 30.3 Å². The number of para-hydroxylation sites is 1. The Kier molecular flexibility index (Phi) is 5.49. The first kappa shape index (κ1) is 13.4. The van der Waals surface area contributed by atoms with E-state index in [1.165, 1.54) is 31.6 Å². The number of nitrogens with zero attached hydrogens (tertiary/aromatic N) is 1. The molecule has 1 saturated heterocycles. The van der Waals surface area contributed by atoms with E-state index in [2.05, 4.69) is 34.5 Å². The predicted molar refractivity (Wildman–Crippen MR) is 76.0 cm³/mol. The Morgan fingerprint density at radius 3 is 2.94 bits per heavy atom. The van der Waals surface area contributed by atoms with Crippen LogP contribution < -0.4 is 5.32 Å². The van der Waals surface area contributed by atoms with Crippen molar-refractivity contribution in [3.8, 4) is 0 Å². The molecule has 0 aliphatic carbocycles. The molecule has 1 N–H and O–H groups in total. The van der Waals surface area contributed by atoms with E-state index in [0.29, 0.717) is 0 Å². The number of hydrogen-bond acceptors (Lipinski definition) is 3. The third-order valence-electron chi connectivity index (χ3n) is 3.54. The summed E-state index contributed by atoms with van der Waals surface area (Å²) in [7, 11) is 1.80. The van der Waals surface area contributed by atoms with Crippen LogP contribution in [0.1, 0.15) is 12.8 Å². The largest absolute Gasteiger partial charge is 0.384 e. The van der Waals surface area contributed by atoms with Gasteiger partial charge in [0.15, 0.2) is 0 Å². The fraction of sp³-hybridized carbons (Fsp3) is 0.600. The van der Waals surface area contributed by atoms with Crippen LogP contribution in [0.3, 0.4) is 0 Å². The number of methoxy groups -OCH3 is 1. The van der Waals surface area contributed by atoms with E-state index in [4.69, 9.17) is 4.74 Å². The molecular formula is C15H24N2O. The molecule has 18 heavy (non-hydrogen) atoms. The molecule has 0 aromatic heterocycles. The van der Waals surface area contributed by atoms with E-state index < -0.39 is 0 Å². The highest BCUT2D eigenvalue weighted by Crippen LogP contribution is 2.16. The normalized spacial score (nSPS) is 20.8. The molecule has 1 aromatic carbocycles. The summed E-state index contributed by atoms with van der Waals surface area (Å²) in [6.45, 7) is 5.46. The van der Waals surface area contributed by atoms with Crippen LogP contribution in [0.5, 0.6) is 0 Å². The third-order valence-corrected chi connectivity index (χ3v) is 3.54. The van der Waals surface area contributed by atoms with Gasteiger partial charge in [-0.1, -0.05) is 18.2 Å². The molecule has 3 heteroatoms. The summed E-state index contributed by atoms with van der Waals surface area (Å²) in [5.74, 6) is 0.723. The van der Waals surface area contributed by atoms with E-state index in [0.717, 1.165) is 25.6 Å². The first-order chi connectivity index (χ1) is 8.88. The topological polar surface area (TPSA) is 24.5 Å². The van der Waals surface area contributed by atoms with Gasteiger partial charge < -0.3 is 15.0 Å². The van der Waals surface area contributed by atoms with Crippen molar-refractivity contribution in [3.63, 3.8) is 0 Å². The molecule has 3 nitrogen and oxygen atoms in total. The van der Waals surface area contributed by atoms with Gasteiger partial charge in [0.1, 0.15) is 0 Å². The fourth-order valence-electron chi connectivity index (χ4n) is 2.64. The number of piperidine rings is 1. The number of anilines is 1. The summed E-state index contributed by atoms with van der Waals surface area (Å²) < 4.78 is 5.26. The minimum absolute atomic E-state index is 0.723. The monoisotopic (exact) mass is 248 g/mol. The van der Waals surface area contributed by atoms with Gasteiger partial charge in [0.25, 0.3) is 0 Å². The summed E-state index contributed by atoms with van der Waals surface area (Å²) in [6.07, 6.45) is 2.62. The van der Waals surface area contributed by atoms with Crippen molar-refractivity contribution in [2.75, 3.05) is 45.2 Å². The van der Waals surface area contributed by atoms with Crippen LogP contribution in [0.25, 0.3) is 0 Å². The van der Waals surface area contributed by atoms with Crippen LogP contribution in [0.15, 0.2) is 30.3 Å². The fourth-order valence-corrected chi connectivity index (χ4v) is 2.64. The van der Waals surface area contributed by atoms with Crippen LogP contribution in [-0.2, 0) is 4.74 Å². The lowest BCUT2D eigenvalue weighted by molar-refractivity contribution is 0.0926. The van der Waals surface area contributed by atoms with Gasteiger partial charge >= 0.3 is 0 Å². The summed E-state index contributed by atoms with van der Waals surface area (Å²) in [5.41, 5.74) is 1.21. The van der Waals surface area contributed by atoms with E-state index >= 15 is 0 Å². The average molecular weight is 248 g/mol. The minimum Gasteiger partial charge on any atom is -0.384 e. The van der Waals surface area contributed by atoms with Crippen LogP contribution in [0.4, 0.5) is 5.69 Å². The minimum atomic E-state index is 0.723. The summed E-state index contributed by atoms with van der Waals surface area (Å²) in [4.78, 5) is 2.54. The Hall–Kier alpha value is -1.06. The van der Waals surface area contributed by atoms with Crippen molar-refractivity contribution in [1.82, 2.24) is 4.90 Å². The standard InChI is InChI=1S/C15H24N2O/c1-18-13-14-6-5-10-17(12-14)11-9-16-15-7-3-2-4-8-15/h2-4,7-8,14,16H,5-6,9-13H2,1H3. The molecule has 1 atom stereocenters. The smallest absolute Gasteiger partial charge is 0.0502 e. The van der Waals surface area contributed by atoms with Gasteiger partial charge in [0, 0.05) is 32.4 Å². The van der Waals surface area contributed by atoms with Crippen LogP contribution in [0.2, 0.25) is 0 Å². The van der Waals surface area contributed by atoms with Crippen molar-refractivity contribution in [1.29, 1.82) is 0 Å². The SMILES string of the molecule is COCC1CCCN(CCNc2ccccc2)C1. The molecule has 0 radical (unpaired) electrons. The lowest BCUT2D eigenvalue weighted by atomic mass is 9.99. The predicted octanol–water partition coefficient (Wildman–Crippen LogP) is 2.46. The van der Waals surface area contributed by atoms with Gasteiger partial charge in [0.05, 0.1) is 6.61 Å².